The van der Waals surface area contributed by atoms with Gasteiger partial charge in [-0.2, -0.15) is 9.30 Å². The summed E-state index contributed by atoms with van der Waals surface area (Å²) < 4.78 is 46.9. The molecule has 1 fully saturated rings. The second kappa shape index (κ2) is 9.05. The zero-order chi connectivity index (χ0) is 23.9. The number of thiazole rings is 1. The third-order valence-corrected chi connectivity index (χ3v) is 9.08. The summed E-state index contributed by atoms with van der Waals surface area (Å²) in [5, 5.41) is 0. The van der Waals surface area contributed by atoms with Gasteiger partial charge in [0.15, 0.2) is 16.3 Å². The second-order valence-corrected chi connectivity index (χ2v) is 11.2. The van der Waals surface area contributed by atoms with E-state index in [1.165, 1.54) is 34.9 Å². The minimum atomic E-state index is -3.71. The number of sulfonamides is 1. The van der Waals surface area contributed by atoms with Gasteiger partial charge in [-0.1, -0.05) is 11.3 Å². The summed E-state index contributed by atoms with van der Waals surface area (Å²) in [6.07, 6.45) is 1.20. The molecule has 0 aliphatic carbocycles. The predicted octanol–water partition coefficient (Wildman–Crippen LogP) is 2.55. The van der Waals surface area contributed by atoms with E-state index in [-0.39, 0.29) is 17.3 Å². The fourth-order valence-electron chi connectivity index (χ4n) is 4.22. The van der Waals surface area contributed by atoms with Gasteiger partial charge in [0.1, 0.15) is 19.0 Å². The molecule has 1 amide bonds. The van der Waals surface area contributed by atoms with Crippen molar-refractivity contribution in [3.8, 4) is 17.2 Å². The number of aryl methyl sites for hydroxylation is 1. The van der Waals surface area contributed by atoms with Crippen LogP contribution in [-0.4, -0.2) is 56.6 Å². The molecule has 9 nitrogen and oxygen atoms in total. The lowest BCUT2D eigenvalue weighted by Crippen LogP contribution is -2.42. The first-order chi connectivity index (χ1) is 16.4. The maximum absolute atomic E-state index is 13.1. The number of carbonyl (C=O) groups is 1. The van der Waals surface area contributed by atoms with Crippen molar-refractivity contribution in [1.82, 2.24) is 8.87 Å². The molecule has 5 rings (SSSR count). The average Bonchev–Trinajstić information content (AvgIpc) is 3.16. The molecular weight excluding hydrogens is 478 g/mol. The average molecular weight is 504 g/mol. The SMILES string of the molecule is COc1ccc(S(=O)(=O)N2CCCC(C(=O)N=c3sc4cc5c(cc4n3C)OCCO5)C2)cc1. The highest BCUT2D eigenvalue weighted by Gasteiger charge is 2.33. The minimum Gasteiger partial charge on any atom is -0.497 e. The van der Waals surface area contributed by atoms with Crippen LogP contribution in [0.4, 0.5) is 0 Å². The molecule has 0 N–H and O–H groups in total. The monoisotopic (exact) mass is 503 g/mol. The highest BCUT2D eigenvalue weighted by Crippen LogP contribution is 2.35. The van der Waals surface area contributed by atoms with Gasteiger partial charge in [0.25, 0.3) is 5.91 Å². The first kappa shape index (κ1) is 22.9. The van der Waals surface area contributed by atoms with Crippen LogP contribution in [0, 0.1) is 5.92 Å². The molecular formula is C23H25N3O6S2. The number of benzene rings is 2. The fraction of sp³-hybridized carbons (Fsp3) is 0.391. The molecule has 1 atom stereocenters. The highest BCUT2D eigenvalue weighted by atomic mass is 32.2. The zero-order valence-corrected chi connectivity index (χ0v) is 20.5. The summed E-state index contributed by atoms with van der Waals surface area (Å²) in [7, 11) is -0.333. The molecule has 3 heterocycles. The molecule has 2 aliphatic rings. The summed E-state index contributed by atoms with van der Waals surface area (Å²) >= 11 is 1.39. The van der Waals surface area contributed by atoms with Crippen LogP contribution in [0.25, 0.3) is 10.2 Å². The number of amides is 1. The number of carbonyl (C=O) groups excluding carboxylic acids is 1. The molecule has 1 saturated heterocycles. The molecule has 34 heavy (non-hydrogen) atoms. The molecule has 11 heteroatoms. The number of fused-ring (bicyclic) bond motifs is 2. The van der Waals surface area contributed by atoms with Crippen molar-refractivity contribution < 1.29 is 27.4 Å². The Hall–Kier alpha value is -2.89. The number of hydrogen-bond donors (Lipinski definition) is 0. The molecule has 3 aromatic rings. The molecule has 2 aromatic carbocycles. The van der Waals surface area contributed by atoms with Crippen molar-refractivity contribution in [1.29, 1.82) is 0 Å². The third kappa shape index (κ3) is 4.19. The Morgan fingerprint density at radius 3 is 2.56 bits per heavy atom. The van der Waals surface area contributed by atoms with Crippen LogP contribution in [0.15, 0.2) is 46.3 Å². The fourth-order valence-corrected chi connectivity index (χ4v) is 6.77. The van der Waals surface area contributed by atoms with Crippen molar-refractivity contribution in [2.45, 2.75) is 17.7 Å². The number of nitrogens with zero attached hydrogens (tertiary/aromatic N) is 3. The lowest BCUT2D eigenvalue weighted by Gasteiger charge is -2.30. The van der Waals surface area contributed by atoms with Gasteiger partial charge in [-0.05, 0) is 37.1 Å². The summed E-state index contributed by atoms with van der Waals surface area (Å²) in [5.41, 5.74) is 0.896. The Labute approximate surface area is 201 Å². The van der Waals surface area contributed by atoms with Crippen LogP contribution in [-0.2, 0) is 21.9 Å². The zero-order valence-electron chi connectivity index (χ0n) is 18.9. The Morgan fingerprint density at radius 2 is 1.85 bits per heavy atom. The number of ether oxygens (including phenoxy) is 3. The molecule has 1 unspecified atom stereocenters. The van der Waals surface area contributed by atoms with Crippen molar-refractivity contribution >= 4 is 37.5 Å². The Bertz CT molecular complexity index is 1410. The third-order valence-electron chi connectivity index (χ3n) is 6.11. The topological polar surface area (TPSA) is 99.4 Å². The predicted molar refractivity (Wildman–Crippen MR) is 127 cm³/mol. The highest BCUT2D eigenvalue weighted by molar-refractivity contribution is 7.89. The molecule has 0 radical (unpaired) electrons. The van der Waals surface area contributed by atoms with Crippen molar-refractivity contribution in [2.24, 2.45) is 18.0 Å². The van der Waals surface area contributed by atoms with Gasteiger partial charge in [0, 0.05) is 32.3 Å². The van der Waals surface area contributed by atoms with Crippen LogP contribution in [0.2, 0.25) is 0 Å². The number of hydrogen-bond acceptors (Lipinski definition) is 7. The second-order valence-electron chi connectivity index (χ2n) is 8.24. The van der Waals surface area contributed by atoms with Gasteiger partial charge in [-0.15, -0.1) is 0 Å². The van der Waals surface area contributed by atoms with E-state index in [0.29, 0.717) is 54.7 Å². The van der Waals surface area contributed by atoms with Gasteiger partial charge in [0.05, 0.1) is 28.1 Å². The van der Waals surface area contributed by atoms with E-state index < -0.39 is 15.9 Å². The summed E-state index contributed by atoms with van der Waals surface area (Å²) in [6.45, 7) is 1.49. The first-order valence-corrected chi connectivity index (χ1v) is 13.2. The quantitative estimate of drug-likeness (QED) is 0.543. The van der Waals surface area contributed by atoms with Crippen LogP contribution in [0.3, 0.4) is 0 Å². The number of piperidine rings is 1. The van der Waals surface area contributed by atoms with Crippen molar-refractivity contribution in [3.05, 3.63) is 41.2 Å². The van der Waals surface area contributed by atoms with Gasteiger partial charge in [0.2, 0.25) is 10.0 Å². The van der Waals surface area contributed by atoms with Gasteiger partial charge in [-0.3, -0.25) is 4.79 Å². The van der Waals surface area contributed by atoms with E-state index in [1.54, 1.807) is 12.1 Å². The first-order valence-electron chi connectivity index (χ1n) is 11.0. The molecule has 0 bridgehead atoms. The number of rotatable bonds is 4. The summed E-state index contributed by atoms with van der Waals surface area (Å²) in [4.78, 5) is 18.2. The van der Waals surface area contributed by atoms with Crippen LogP contribution in [0.5, 0.6) is 17.2 Å². The van der Waals surface area contributed by atoms with Crippen molar-refractivity contribution in [2.75, 3.05) is 33.4 Å². The van der Waals surface area contributed by atoms with E-state index in [4.69, 9.17) is 14.2 Å². The standard InChI is InChI=1S/C23H25N3O6S2/c1-25-18-12-19-20(32-11-10-31-19)13-21(18)33-23(25)24-22(27)15-4-3-9-26(14-15)34(28,29)17-7-5-16(30-2)6-8-17/h5-8,12-13,15H,3-4,9-11,14H2,1-2H3. The van der Waals surface area contributed by atoms with E-state index in [2.05, 4.69) is 4.99 Å². The number of aromatic nitrogens is 1. The van der Waals surface area contributed by atoms with Crippen LogP contribution < -0.4 is 19.0 Å². The maximum atomic E-state index is 13.1. The maximum Gasteiger partial charge on any atom is 0.252 e. The van der Waals surface area contributed by atoms with Crippen molar-refractivity contribution in [3.63, 3.8) is 0 Å². The molecule has 0 saturated carbocycles. The van der Waals surface area contributed by atoms with Crippen LogP contribution in [0.1, 0.15) is 12.8 Å². The Kier molecular flexibility index (Phi) is 6.09. The summed E-state index contributed by atoms with van der Waals surface area (Å²) in [5.74, 6) is 1.14. The van der Waals surface area contributed by atoms with Gasteiger partial charge < -0.3 is 18.8 Å². The van der Waals surface area contributed by atoms with Crippen LogP contribution >= 0.6 is 11.3 Å². The van der Waals surface area contributed by atoms with E-state index in [1.807, 2.05) is 23.7 Å². The molecule has 2 aliphatic heterocycles. The van der Waals surface area contributed by atoms with E-state index >= 15 is 0 Å². The lowest BCUT2D eigenvalue weighted by molar-refractivity contribution is -0.122. The normalized spacial score (nSPS) is 19.4. The molecule has 1 aromatic heterocycles. The smallest absolute Gasteiger partial charge is 0.252 e. The minimum absolute atomic E-state index is 0.112. The van der Waals surface area contributed by atoms with E-state index in [9.17, 15) is 13.2 Å². The molecule has 0 spiro atoms. The number of methoxy groups -OCH3 is 1. The Morgan fingerprint density at radius 1 is 1.15 bits per heavy atom. The van der Waals surface area contributed by atoms with Gasteiger partial charge in [-0.25, -0.2) is 8.42 Å². The summed E-state index contributed by atoms with van der Waals surface area (Å²) in [6, 6.07) is 10.1. The lowest BCUT2D eigenvalue weighted by atomic mass is 9.99. The van der Waals surface area contributed by atoms with Gasteiger partial charge >= 0.3 is 0 Å². The van der Waals surface area contributed by atoms with E-state index in [0.717, 1.165) is 10.2 Å². The largest absolute Gasteiger partial charge is 0.497 e. The Balaban J connectivity index is 1.39. The molecule has 180 valence electrons.